The minimum Gasteiger partial charge on any atom is -0.271 e. The lowest BCUT2D eigenvalue weighted by Crippen LogP contribution is -2.31. The van der Waals surface area contributed by atoms with E-state index < -0.39 is 0 Å². The van der Waals surface area contributed by atoms with Crippen molar-refractivity contribution in [3.05, 3.63) is 71.0 Å². The molecule has 2 aromatic carbocycles. The highest BCUT2D eigenvalue weighted by atomic mass is 19.1. The number of rotatable bonds is 3. The third-order valence-corrected chi connectivity index (χ3v) is 3.45. The van der Waals surface area contributed by atoms with Crippen molar-refractivity contribution in [2.45, 2.75) is 32.2 Å². The molecule has 0 saturated carbocycles. The Hall–Kier alpha value is -1.71. The van der Waals surface area contributed by atoms with Gasteiger partial charge in [-0.25, -0.2) is 9.82 Å². The van der Waals surface area contributed by atoms with Crippen molar-refractivity contribution in [3.63, 3.8) is 0 Å². The van der Waals surface area contributed by atoms with Crippen LogP contribution in [0.3, 0.4) is 0 Å². The summed E-state index contributed by atoms with van der Waals surface area (Å²) in [5, 5.41) is 0. The summed E-state index contributed by atoms with van der Waals surface area (Å²) in [4.78, 5) is 0. The Morgan fingerprint density at radius 1 is 1.00 bits per heavy atom. The van der Waals surface area contributed by atoms with Crippen LogP contribution in [0.5, 0.6) is 0 Å². The molecule has 0 aliphatic carbocycles. The van der Waals surface area contributed by atoms with E-state index in [9.17, 15) is 4.39 Å². The molecule has 1 unspecified atom stereocenters. The van der Waals surface area contributed by atoms with E-state index in [-0.39, 0.29) is 17.3 Å². The van der Waals surface area contributed by atoms with E-state index in [0.717, 1.165) is 11.1 Å². The van der Waals surface area contributed by atoms with Gasteiger partial charge in [-0.15, -0.1) is 0 Å². The van der Waals surface area contributed by atoms with Gasteiger partial charge in [0.25, 0.3) is 0 Å². The molecule has 0 saturated heterocycles. The summed E-state index contributed by atoms with van der Waals surface area (Å²) in [6.45, 7) is 6.51. The Morgan fingerprint density at radius 3 is 2.15 bits per heavy atom. The first-order valence-electron chi connectivity index (χ1n) is 6.74. The van der Waals surface area contributed by atoms with Gasteiger partial charge in [-0.2, -0.15) is 0 Å². The van der Waals surface area contributed by atoms with Crippen LogP contribution in [-0.4, -0.2) is 0 Å². The molecule has 0 aliphatic rings. The largest absolute Gasteiger partial charge is 0.271 e. The quantitative estimate of drug-likeness (QED) is 0.661. The average Bonchev–Trinajstić information content (AvgIpc) is 2.41. The zero-order valence-electron chi connectivity index (χ0n) is 12.2. The monoisotopic (exact) mass is 272 g/mol. The summed E-state index contributed by atoms with van der Waals surface area (Å²) in [6.07, 6.45) is 0. The van der Waals surface area contributed by atoms with Crippen molar-refractivity contribution in [2.24, 2.45) is 5.84 Å². The zero-order valence-corrected chi connectivity index (χ0v) is 12.2. The van der Waals surface area contributed by atoms with Crippen LogP contribution in [0.25, 0.3) is 0 Å². The third kappa shape index (κ3) is 3.06. The Labute approximate surface area is 119 Å². The Morgan fingerprint density at radius 2 is 1.60 bits per heavy atom. The first-order chi connectivity index (χ1) is 9.43. The summed E-state index contributed by atoms with van der Waals surface area (Å²) in [5.41, 5.74) is 6.16. The molecular weight excluding hydrogens is 251 g/mol. The highest BCUT2D eigenvalue weighted by Gasteiger charge is 2.22. The van der Waals surface area contributed by atoms with Gasteiger partial charge in [0.1, 0.15) is 5.82 Å². The molecule has 0 amide bonds. The van der Waals surface area contributed by atoms with Crippen LogP contribution in [0.4, 0.5) is 4.39 Å². The maximum Gasteiger partial charge on any atom is 0.123 e. The van der Waals surface area contributed by atoms with Crippen LogP contribution in [0.2, 0.25) is 0 Å². The number of hydrogen-bond donors (Lipinski definition) is 2. The molecule has 0 heterocycles. The molecule has 1 atom stereocenters. The summed E-state index contributed by atoms with van der Waals surface area (Å²) in [7, 11) is 0. The summed E-state index contributed by atoms with van der Waals surface area (Å²) >= 11 is 0. The lowest BCUT2D eigenvalue weighted by atomic mass is 9.81. The average molecular weight is 272 g/mol. The lowest BCUT2D eigenvalue weighted by molar-refractivity contribution is 0.557. The summed E-state index contributed by atoms with van der Waals surface area (Å²) < 4.78 is 13.1. The van der Waals surface area contributed by atoms with Gasteiger partial charge in [0, 0.05) is 0 Å². The maximum absolute atomic E-state index is 13.1. The van der Waals surface area contributed by atoms with E-state index in [0.29, 0.717) is 0 Å². The molecule has 3 N–H and O–H groups in total. The number of benzene rings is 2. The minimum absolute atomic E-state index is 0.0196. The van der Waals surface area contributed by atoms with Crippen molar-refractivity contribution in [2.75, 3.05) is 0 Å². The fourth-order valence-electron chi connectivity index (χ4n) is 2.45. The molecule has 106 valence electrons. The van der Waals surface area contributed by atoms with Crippen molar-refractivity contribution >= 4 is 0 Å². The second-order valence-electron chi connectivity index (χ2n) is 5.99. The molecule has 0 bridgehead atoms. The predicted octanol–water partition coefficient (Wildman–Crippen LogP) is 3.68. The van der Waals surface area contributed by atoms with Gasteiger partial charge >= 0.3 is 0 Å². The van der Waals surface area contributed by atoms with Gasteiger partial charge in [0.15, 0.2) is 0 Å². The Kier molecular flexibility index (Phi) is 4.21. The Balaban J connectivity index is 2.50. The van der Waals surface area contributed by atoms with Gasteiger partial charge in [-0.05, 0) is 34.2 Å². The Bertz CT molecular complexity index is 570. The lowest BCUT2D eigenvalue weighted by Gasteiger charge is -2.27. The van der Waals surface area contributed by atoms with Crippen molar-refractivity contribution in [1.82, 2.24) is 5.43 Å². The second kappa shape index (κ2) is 5.73. The number of halogens is 1. The van der Waals surface area contributed by atoms with Crippen LogP contribution in [0.1, 0.15) is 43.5 Å². The number of hydrogen-bond acceptors (Lipinski definition) is 2. The van der Waals surface area contributed by atoms with E-state index in [2.05, 4.69) is 38.3 Å². The molecule has 0 spiro atoms. The molecule has 0 aliphatic heterocycles. The summed E-state index contributed by atoms with van der Waals surface area (Å²) in [6, 6.07) is 14.5. The first kappa shape index (κ1) is 14.7. The van der Waals surface area contributed by atoms with Crippen LogP contribution < -0.4 is 11.3 Å². The van der Waals surface area contributed by atoms with Gasteiger partial charge in [0.2, 0.25) is 0 Å². The molecule has 3 heteroatoms. The highest BCUT2D eigenvalue weighted by molar-refractivity contribution is 5.40. The molecule has 0 fully saturated rings. The van der Waals surface area contributed by atoms with Crippen LogP contribution in [0, 0.1) is 5.82 Å². The minimum atomic E-state index is -0.242. The third-order valence-electron chi connectivity index (χ3n) is 3.45. The van der Waals surface area contributed by atoms with E-state index >= 15 is 0 Å². The molecule has 20 heavy (non-hydrogen) atoms. The van der Waals surface area contributed by atoms with Gasteiger partial charge < -0.3 is 0 Å². The smallest absolute Gasteiger partial charge is 0.123 e. The number of nitrogens with two attached hydrogens (primary N) is 1. The fraction of sp³-hybridized carbons (Fsp3) is 0.294. The molecule has 0 radical (unpaired) electrons. The molecule has 0 aromatic heterocycles. The number of hydrazine groups is 1. The van der Waals surface area contributed by atoms with E-state index in [1.807, 2.05) is 12.1 Å². The summed E-state index contributed by atoms with van der Waals surface area (Å²) in [5.74, 6) is 5.50. The standard InChI is InChI=1S/C17H21FN2/c1-17(2,3)15-7-5-4-6-14(15)16(20-19)12-8-10-13(18)11-9-12/h4-11,16,20H,19H2,1-3H3. The maximum atomic E-state index is 13.1. The second-order valence-corrected chi connectivity index (χ2v) is 5.99. The van der Waals surface area contributed by atoms with Crippen molar-refractivity contribution < 1.29 is 4.39 Å². The first-order valence-corrected chi connectivity index (χ1v) is 6.74. The normalized spacial score (nSPS) is 13.2. The van der Waals surface area contributed by atoms with Crippen LogP contribution in [0.15, 0.2) is 48.5 Å². The number of nitrogens with one attached hydrogen (secondary N) is 1. The molecule has 2 aromatic rings. The van der Waals surface area contributed by atoms with E-state index in [4.69, 9.17) is 5.84 Å². The molecule has 2 rings (SSSR count). The SMILES string of the molecule is CC(C)(C)c1ccccc1C(NN)c1ccc(F)cc1. The molecular formula is C17H21FN2. The van der Waals surface area contributed by atoms with Crippen LogP contribution >= 0.6 is 0 Å². The van der Waals surface area contributed by atoms with Crippen LogP contribution in [-0.2, 0) is 5.41 Å². The zero-order chi connectivity index (χ0) is 14.8. The van der Waals surface area contributed by atoms with Gasteiger partial charge in [0.05, 0.1) is 6.04 Å². The van der Waals surface area contributed by atoms with Crippen molar-refractivity contribution in [3.8, 4) is 0 Å². The topological polar surface area (TPSA) is 38.0 Å². The van der Waals surface area contributed by atoms with Gasteiger partial charge in [-0.1, -0.05) is 57.2 Å². The van der Waals surface area contributed by atoms with E-state index in [1.54, 1.807) is 12.1 Å². The highest BCUT2D eigenvalue weighted by Crippen LogP contribution is 2.32. The fourth-order valence-corrected chi connectivity index (χ4v) is 2.45. The van der Waals surface area contributed by atoms with Gasteiger partial charge in [-0.3, -0.25) is 5.84 Å². The predicted molar refractivity (Wildman–Crippen MR) is 80.7 cm³/mol. The van der Waals surface area contributed by atoms with E-state index in [1.165, 1.54) is 17.7 Å². The van der Waals surface area contributed by atoms with Crippen molar-refractivity contribution in [1.29, 1.82) is 0 Å². The molecule has 2 nitrogen and oxygen atoms in total.